The van der Waals surface area contributed by atoms with E-state index in [1.807, 2.05) is 0 Å². The van der Waals surface area contributed by atoms with Gasteiger partial charge in [0, 0.05) is 38.2 Å². The lowest BCUT2D eigenvalue weighted by molar-refractivity contribution is -0.274. The topological polar surface area (TPSA) is 172 Å². The molecule has 0 radical (unpaired) electrons. The number of fused-ring (bicyclic) bond motifs is 1. The van der Waals surface area contributed by atoms with Gasteiger partial charge in [-0.15, -0.1) is 13.2 Å². The van der Waals surface area contributed by atoms with E-state index >= 15 is 0 Å². The molecule has 0 aliphatic carbocycles. The average molecular weight is 691 g/mol. The number of aromatic nitrogens is 3. The summed E-state index contributed by atoms with van der Waals surface area (Å²) in [5, 5.41) is 15.9. The number of thiazole rings is 1. The number of nitrogens with zero attached hydrogens (tertiary/aromatic N) is 4. The van der Waals surface area contributed by atoms with Crippen LogP contribution in [-0.2, 0) is 27.3 Å². The van der Waals surface area contributed by atoms with Crippen LogP contribution in [-0.4, -0.2) is 71.0 Å². The van der Waals surface area contributed by atoms with Crippen LogP contribution in [0.5, 0.6) is 5.75 Å². The molecule has 46 heavy (non-hydrogen) atoms. The predicted octanol–water partition coefficient (Wildman–Crippen LogP) is 3.89. The number of sulfonamides is 1. The SMILES string of the molecule is CCC(F)(F)c1ccc(CN)cc1.O=C(O)[C@H]1CN(c2nc3c(=O)[nH]ncc3s2)CCN1S(=O)(=O)c1ccc(OC(F)(F)F)cc1. The Morgan fingerprint density at radius 2 is 1.76 bits per heavy atom. The first-order valence-electron chi connectivity index (χ1n) is 13.4. The molecule has 19 heteroatoms. The molecule has 4 N–H and O–H groups in total. The number of hydrogen-bond acceptors (Lipinski definition) is 10. The van der Waals surface area contributed by atoms with Crippen LogP contribution in [0.2, 0.25) is 0 Å². The van der Waals surface area contributed by atoms with Crippen molar-refractivity contribution in [3.63, 3.8) is 0 Å². The molecule has 4 aromatic rings. The third-order valence-corrected chi connectivity index (χ3v) is 9.78. The first-order valence-corrected chi connectivity index (χ1v) is 15.7. The van der Waals surface area contributed by atoms with E-state index in [2.05, 4.69) is 19.9 Å². The number of anilines is 1. The summed E-state index contributed by atoms with van der Waals surface area (Å²) in [5.74, 6) is -4.74. The standard InChI is InChI=1S/C17H14F3N5O6S2.C10H13F2N/c18-17(19,20)31-9-1-3-10(4-2-9)33(29,30)25-6-5-24(8-11(25)15(27)28)16-22-13-12(32-16)7-21-23-14(13)26;1-2-10(11,12)9-5-3-8(7-13)4-6-9/h1-4,7,11H,5-6,8H2,(H,23,26)(H,27,28);3-6H,2,7,13H2,1H3/t11-;/m1./s1. The number of benzene rings is 2. The zero-order valence-corrected chi connectivity index (χ0v) is 25.5. The van der Waals surface area contributed by atoms with Gasteiger partial charge in [-0.25, -0.2) is 27.3 Å². The quantitative estimate of drug-likeness (QED) is 0.231. The molecule has 2 aromatic heterocycles. The molecule has 3 heterocycles. The summed E-state index contributed by atoms with van der Waals surface area (Å²) in [6.45, 7) is 1.44. The number of nitrogens with one attached hydrogen (secondary N) is 1. The fourth-order valence-electron chi connectivity index (χ4n) is 4.37. The highest BCUT2D eigenvalue weighted by atomic mass is 32.2. The highest BCUT2D eigenvalue weighted by molar-refractivity contribution is 7.89. The van der Waals surface area contributed by atoms with Gasteiger partial charge in [-0.3, -0.25) is 9.59 Å². The van der Waals surface area contributed by atoms with E-state index in [1.165, 1.54) is 25.3 Å². The van der Waals surface area contributed by atoms with Crippen molar-refractivity contribution in [2.24, 2.45) is 5.73 Å². The number of nitrogens with two attached hydrogens (primary N) is 1. The molecule has 0 unspecified atom stereocenters. The van der Waals surface area contributed by atoms with Gasteiger partial charge in [0.25, 0.3) is 11.5 Å². The molecular weight excluding hydrogens is 663 g/mol. The van der Waals surface area contributed by atoms with Crippen LogP contribution in [0, 0.1) is 0 Å². The van der Waals surface area contributed by atoms with E-state index in [4.69, 9.17) is 5.73 Å². The largest absolute Gasteiger partial charge is 0.573 e. The molecule has 12 nitrogen and oxygen atoms in total. The maximum absolute atomic E-state index is 13.1. The van der Waals surface area contributed by atoms with Gasteiger partial charge < -0.3 is 20.5 Å². The first kappa shape index (κ1) is 34.7. The van der Waals surface area contributed by atoms with Crippen molar-refractivity contribution < 1.29 is 45.0 Å². The molecule has 1 fully saturated rings. The lowest BCUT2D eigenvalue weighted by Gasteiger charge is -2.38. The van der Waals surface area contributed by atoms with Crippen LogP contribution in [0.25, 0.3) is 10.2 Å². The summed E-state index contributed by atoms with van der Waals surface area (Å²) >= 11 is 1.11. The second-order valence-electron chi connectivity index (χ2n) is 9.80. The third-order valence-electron chi connectivity index (χ3n) is 6.81. The van der Waals surface area contributed by atoms with Gasteiger partial charge in [0.05, 0.1) is 15.8 Å². The van der Waals surface area contributed by atoms with Crippen molar-refractivity contribution in [2.45, 2.75) is 43.1 Å². The van der Waals surface area contributed by atoms with Crippen molar-refractivity contribution in [2.75, 3.05) is 24.5 Å². The second-order valence-corrected chi connectivity index (χ2v) is 12.7. The van der Waals surface area contributed by atoms with E-state index in [0.717, 1.165) is 45.5 Å². The van der Waals surface area contributed by atoms with Crippen LogP contribution in [0.4, 0.5) is 27.1 Å². The second kappa shape index (κ2) is 13.7. The van der Waals surface area contributed by atoms with E-state index < -0.39 is 45.6 Å². The van der Waals surface area contributed by atoms with Crippen molar-refractivity contribution in [1.29, 1.82) is 0 Å². The molecular formula is C27H27F5N6O6S2. The van der Waals surface area contributed by atoms with Gasteiger partial charge in [-0.1, -0.05) is 42.5 Å². The van der Waals surface area contributed by atoms with Crippen LogP contribution in [0.3, 0.4) is 0 Å². The zero-order chi connectivity index (χ0) is 33.9. The average Bonchev–Trinajstić information content (AvgIpc) is 3.46. The van der Waals surface area contributed by atoms with Gasteiger partial charge in [0.15, 0.2) is 10.6 Å². The number of aromatic amines is 1. The Balaban J connectivity index is 0.000000310. The first-order chi connectivity index (χ1) is 21.6. The predicted molar refractivity (Wildman–Crippen MR) is 157 cm³/mol. The maximum Gasteiger partial charge on any atom is 0.573 e. The third kappa shape index (κ3) is 7.95. The summed E-state index contributed by atoms with van der Waals surface area (Å²) in [7, 11) is -4.35. The summed E-state index contributed by atoms with van der Waals surface area (Å²) in [5.41, 5.74) is 5.91. The minimum Gasteiger partial charge on any atom is -0.480 e. The summed E-state index contributed by atoms with van der Waals surface area (Å²) in [6, 6.07) is 8.13. The van der Waals surface area contributed by atoms with E-state index in [-0.39, 0.29) is 42.0 Å². The monoisotopic (exact) mass is 690 g/mol. The van der Waals surface area contributed by atoms with Crippen molar-refractivity contribution in [3.05, 3.63) is 76.2 Å². The molecule has 5 rings (SSSR count). The maximum atomic E-state index is 13.1. The Bertz CT molecular complexity index is 1830. The number of alkyl halides is 5. The Morgan fingerprint density at radius 3 is 2.30 bits per heavy atom. The van der Waals surface area contributed by atoms with E-state index in [0.29, 0.717) is 16.4 Å². The Hall–Kier alpha value is -4.20. The Morgan fingerprint density at radius 1 is 1.11 bits per heavy atom. The van der Waals surface area contributed by atoms with Crippen LogP contribution < -0.4 is 20.9 Å². The van der Waals surface area contributed by atoms with E-state index in [1.54, 1.807) is 17.0 Å². The van der Waals surface area contributed by atoms with Gasteiger partial charge in [-0.2, -0.15) is 9.40 Å². The molecule has 0 amide bonds. The lowest BCUT2D eigenvalue weighted by atomic mass is 10.0. The number of rotatable bonds is 8. The van der Waals surface area contributed by atoms with Gasteiger partial charge >= 0.3 is 12.3 Å². The van der Waals surface area contributed by atoms with Crippen molar-refractivity contribution >= 4 is 42.7 Å². The zero-order valence-electron chi connectivity index (χ0n) is 23.9. The fourth-order valence-corrected chi connectivity index (χ4v) is 6.91. The van der Waals surface area contributed by atoms with Gasteiger partial charge in [0.1, 0.15) is 11.8 Å². The highest BCUT2D eigenvalue weighted by Crippen LogP contribution is 2.32. The smallest absolute Gasteiger partial charge is 0.480 e. The molecule has 2 aromatic carbocycles. The Kier molecular flexibility index (Phi) is 10.3. The lowest BCUT2D eigenvalue weighted by Crippen LogP contribution is -2.58. The van der Waals surface area contributed by atoms with Crippen molar-refractivity contribution in [3.8, 4) is 5.75 Å². The minimum atomic E-state index is -4.94. The number of halogens is 5. The molecule has 0 bridgehead atoms. The summed E-state index contributed by atoms with van der Waals surface area (Å²) in [4.78, 5) is 29.1. The number of carboxylic acids is 1. The molecule has 248 valence electrons. The number of hydrogen-bond donors (Lipinski definition) is 3. The number of piperazine rings is 1. The number of H-pyrrole nitrogens is 1. The molecule has 0 spiro atoms. The van der Waals surface area contributed by atoms with E-state index in [9.17, 15) is 45.1 Å². The molecule has 0 saturated carbocycles. The van der Waals surface area contributed by atoms with Crippen LogP contribution in [0.15, 0.2) is 64.4 Å². The van der Waals surface area contributed by atoms with Crippen molar-refractivity contribution in [1.82, 2.24) is 19.5 Å². The van der Waals surface area contributed by atoms with Gasteiger partial charge in [-0.05, 0) is 29.8 Å². The number of ether oxygens (including phenoxy) is 1. The molecule has 1 saturated heterocycles. The van der Waals surface area contributed by atoms with Gasteiger partial charge in [0.2, 0.25) is 10.0 Å². The molecule has 1 aliphatic rings. The fraction of sp³-hybridized carbons (Fsp3) is 0.333. The van der Waals surface area contributed by atoms with Crippen LogP contribution in [0.1, 0.15) is 24.5 Å². The van der Waals surface area contributed by atoms with Crippen LogP contribution >= 0.6 is 11.3 Å². The Labute approximate surface area is 262 Å². The molecule has 1 atom stereocenters. The normalized spacial score (nSPS) is 16.2. The minimum absolute atomic E-state index is 0.0622. The molecule has 1 aliphatic heterocycles. The summed E-state index contributed by atoms with van der Waals surface area (Å²) < 4.78 is 94.2. The summed E-state index contributed by atoms with van der Waals surface area (Å²) in [6.07, 6.45) is -3.71. The number of aliphatic carboxylic acids is 1. The number of carbonyl (C=O) groups is 1. The number of carboxylic acid groups (broad SMARTS) is 1. The highest BCUT2D eigenvalue weighted by Gasteiger charge is 2.41.